The third-order valence-corrected chi connectivity index (χ3v) is 8.70. The molecule has 3 fully saturated rings. The fraction of sp³-hybridized carbons (Fsp3) is 0.500. The summed E-state index contributed by atoms with van der Waals surface area (Å²) in [6.45, 7) is 0. The second kappa shape index (κ2) is 8.79. The normalized spacial score (nSPS) is 28.6. The maximum absolute atomic E-state index is 14.9. The molecule has 1 N–H and O–H groups in total. The Labute approximate surface area is 219 Å². The Hall–Kier alpha value is -2.43. The van der Waals surface area contributed by atoms with E-state index in [1.807, 2.05) is 0 Å². The van der Waals surface area contributed by atoms with E-state index < -0.39 is 98.1 Å². The molecule has 2 aromatic carbocycles. The first-order valence-electron chi connectivity index (χ1n) is 11.6. The zero-order valence-corrected chi connectivity index (χ0v) is 20.5. The first kappa shape index (κ1) is 29.1. The van der Waals surface area contributed by atoms with E-state index in [1.165, 1.54) is 0 Å². The summed E-state index contributed by atoms with van der Waals surface area (Å²) >= 11 is 0. The molecule has 3 aliphatic rings. The molecule has 5 rings (SSSR count). The van der Waals surface area contributed by atoms with Crippen molar-refractivity contribution < 1.29 is 66.3 Å². The second-order valence-electron chi connectivity index (χ2n) is 10.1. The molecular weight excluding hydrogens is 590 g/mol. The Balaban J connectivity index is 1.60. The van der Waals surface area contributed by atoms with Gasteiger partial charge in [-0.3, -0.25) is 4.55 Å². The van der Waals surface area contributed by atoms with Crippen LogP contribution in [0.1, 0.15) is 35.1 Å². The molecule has 1 heterocycles. The van der Waals surface area contributed by atoms with Crippen LogP contribution in [0, 0.1) is 17.8 Å². The van der Waals surface area contributed by atoms with Gasteiger partial charge in [-0.1, -0.05) is 24.3 Å². The second-order valence-corrected chi connectivity index (χ2v) is 11.5. The molecule has 220 valence electrons. The number of benzene rings is 2. The van der Waals surface area contributed by atoms with Crippen LogP contribution < -0.4 is 0 Å². The third-order valence-electron chi connectivity index (χ3n) is 7.78. The molecule has 40 heavy (non-hydrogen) atoms. The van der Waals surface area contributed by atoms with Gasteiger partial charge in [-0.15, -0.1) is 0 Å². The Morgan fingerprint density at radius 3 is 1.68 bits per heavy atom. The van der Waals surface area contributed by atoms with Crippen LogP contribution in [0.25, 0.3) is 0 Å². The van der Waals surface area contributed by atoms with Gasteiger partial charge in [-0.2, -0.15) is 52.3 Å². The van der Waals surface area contributed by atoms with E-state index in [0.717, 1.165) is 24.3 Å². The summed E-state index contributed by atoms with van der Waals surface area (Å²) in [7, 11) is -6.55. The molecule has 2 aromatic rings. The fourth-order valence-corrected chi connectivity index (χ4v) is 6.52. The van der Waals surface area contributed by atoms with Crippen LogP contribution in [0.3, 0.4) is 0 Å². The highest BCUT2D eigenvalue weighted by Gasteiger charge is 2.75. The number of alkyl halides is 10. The molecule has 2 saturated carbocycles. The number of ether oxygens (including phenoxy) is 2. The van der Waals surface area contributed by atoms with Crippen molar-refractivity contribution in [2.75, 3.05) is 0 Å². The number of halogens is 10. The average molecular weight is 608 g/mol. The molecule has 5 atom stereocenters. The predicted molar refractivity (Wildman–Crippen MR) is 115 cm³/mol. The van der Waals surface area contributed by atoms with Crippen molar-refractivity contribution in [2.45, 2.75) is 54.4 Å². The van der Waals surface area contributed by atoms with Crippen LogP contribution in [-0.4, -0.2) is 36.4 Å². The van der Waals surface area contributed by atoms with E-state index in [-0.39, 0.29) is 6.42 Å². The van der Waals surface area contributed by atoms with Gasteiger partial charge in [0.05, 0.1) is 23.3 Å². The number of hydrogen-bond acceptors (Lipinski definition) is 4. The molecule has 0 amide bonds. The zero-order chi connectivity index (χ0) is 29.7. The van der Waals surface area contributed by atoms with E-state index >= 15 is 0 Å². The van der Waals surface area contributed by atoms with E-state index in [0.29, 0.717) is 24.3 Å². The quantitative estimate of drug-likeness (QED) is 0.311. The maximum atomic E-state index is 14.9. The molecular formula is C24H18F10O5S. The summed E-state index contributed by atoms with van der Waals surface area (Å²) in [5.41, 5.74) is -3.30. The van der Waals surface area contributed by atoms with Crippen LogP contribution in [0.2, 0.25) is 0 Å². The van der Waals surface area contributed by atoms with Crippen LogP contribution in [0.4, 0.5) is 43.9 Å². The van der Waals surface area contributed by atoms with E-state index in [9.17, 15) is 52.3 Å². The smallest absolute Gasteiger partial charge is 0.336 e. The highest BCUT2D eigenvalue weighted by Crippen LogP contribution is 2.64. The van der Waals surface area contributed by atoms with Crippen molar-refractivity contribution in [3.05, 3.63) is 70.8 Å². The lowest BCUT2D eigenvalue weighted by atomic mass is 9.81. The summed E-state index contributed by atoms with van der Waals surface area (Å²) in [5, 5.41) is -5.87. The van der Waals surface area contributed by atoms with Crippen molar-refractivity contribution in [1.82, 2.24) is 0 Å². The van der Waals surface area contributed by atoms with Gasteiger partial charge in [-0.25, -0.2) is 0 Å². The highest BCUT2D eigenvalue weighted by atomic mass is 32.2. The molecule has 2 bridgehead atoms. The number of rotatable bonds is 5. The van der Waals surface area contributed by atoms with Crippen LogP contribution in [-0.2, 0) is 37.7 Å². The van der Waals surface area contributed by atoms with Gasteiger partial charge in [0.1, 0.15) is 0 Å². The summed E-state index contributed by atoms with van der Waals surface area (Å²) in [4.78, 5) is 0. The van der Waals surface area contributed by atoms with Crippen LogP contribution >= 0.6 is 0 Å². The highest BCUT2D eigenvalue weighted by molar-refractivity contribution is 7.87. The lowest BCUT2D eigenvalue weighted by molar-refractivity contribution is -0.212. The van der Waals surface area contributed by atoms with E-state index in [1.54, 1.807) is 0 Å². The van der Waals surface area contributed by atoms with Crippen molar-refractivity contribution in [3.63, 3.8) is 0 Å². The van der Waals surface area contributed by atoms with Gasteiger partial charge in [0.15, 0.2) is 0 Å². The summed E-state index contributed by atoms with van der Waals surface area (Å²) in [6, 6.07) is 6.48. The monoisotopic (exact) mass is 608 g/mol. The lowest BCUT2D eigenvalue weighted by Crippen LogP contribution is -2.55. The molecule has 0 spiro atoms. The summed E-state index contributed by atoms with van der Waals surface area (Å²) < 4.78 is 182. The predicted octanol–water partition coefficient (Wildman–Crippen LogP) is 6.48. The first-order chi connectivity index (χ1) is 18.2. The minimum absolute atomic E-state index is 0.224. The Bertz CT molecular complexity index is 1360. The van der Waals surface area contributed by atoms with Crippen molar-refractivity contribution >= 4 is 10.1 Å². The summed E-state index contributed by atoms with van der Waals surface area (Å²) in [6.07, 6.45) is -13.5. The molecule has 5 unspecified atom stereocenters. The fourth-order valence-electron chi connectivity index (χ4n) is 6.03. The van der Waals surface area contributed by atoms with Gasteiger partial charge < -0.3 is 9.47 Å². The molecule has 2 aliphatic carbocycles. The van der Waals surface area contributed by atoms with Gasteiger partial charge in [-0.05, 0) is 48.9 Å². The molecule has 0 aromatic heterocycles. The van der Waals surface area contributed by atoms with Crippen LogP contribution in [0.15, 0.2) is 48.5 Å². The zero-order valence-electron chi connectivity index (χ0n) is 19.7. The standard InChI is InChI=1S/C24H18F10O5S/c25-21(26,24(33,34)40(35,36)37)17-8-11-7-16(17)19-18(11)38-20(39-19,12-3-1-5-14(9-12)22(27,28)29)13-4-2-6-15(10-13)23(30,31)32/h1-6,9-11,16-19H,7-8H2,(H,35,36,37). The Kier molecular flexibility index (Phi) is 6.39. The van der Waals surface area contributed by atoms with Crippen LogP contribution in [0.5, 0.6) is 0 Å². The molecule has 1 aliphatic heterocycles. The van der Waals surface area contributed by atoms with E-state index in [2.05, 4.69) is 0 Å². The van der Waals surface area contributed by atoms with E-state index in [4.69, 9.17) is 14.0 Å². The van der Waals surface area contributed by atoms with Crippen molar-refractivity contribution in [3.8, 4) is 0 Å². The molecule has 16 heteroatoms. The molecule has 0 radical (unpaired) electrons. The Morgan fingerprint density at radius 1 is 0.750 bits per heavy atom. The maximum Gasteiger partial charge on any atom is 0.431 e. The molecule has 1 saturated heterocycles. The minimum Gasteiger partial charge on any atom is -0.336 e. The van der Waals surface area contributed by atoms with Gasteiger partial charge in [0.25, 0.3) is 0 Å². The topological polar surface area (TPSA) is 72.8 Å². The third kappa shape index (κ3) is 4.29. The van der Waals surface area contributed by atoms with Gasteiger partial charge in [0.2, 0.25) is 5.79 Å². The first-order valence-corrected chi connectivity index (χ1v) is 13.1. The molecule has 5 nitrogen and oxygen atoms in total. The van der Waals surface area contributed by atoms with Gasteiger partial charge in [0, 0.05) is 17.0 Å². The SMILES string of the molecule is O=S(=O)(O)C(F)(F)C(F)(F)C1CC2CC1C1OC(c3cccc(C(F)(F)F)c3)(c3cccc(C(F)(F)F)c3)OC21. The average Bonchev–Trinajstić information content (AvgIpc) is 3.54. The summed E-state index contributed by atoms with van der Waals surface area (Å²) in [5.74, 6) is -12.6. The Morgan fingerprint density at radius 2 is 1.23 bits per heavy atom. The van der Waals surface area contributed by atoms with Gasteiger partial charge >= 0.3 is 33.6 Å². The van der Waals surface area contributed by atoms with Crippen molar-refractivity contribution in [2.24, 2.45) is 17.8 Å². The lowest BCUT2D eigenvalue weighted by Gasteiger charge is -2.36. The number of fused-ring (bicyclic) bond motifs is 5. The number of hydrogen-bond donors (Lipinski definition) is 1. The largest absolute Gasteiger partial charge is 0.431 e. The van der Waals surface area contributed by atoms with Crippen molar-refractivity contribution in [1.29, 1.82) is 0 Å². The minimum atomic E-state index is -6.55.